The fourth-order valence-electron chi connectivity index (χ4n) is 2.00. The van der Waals surface area contributed by atoms with Gasteiger partial charge < -0.3 is 0 Å². The van der Waals surface area contributed by atoms with Gasteiger partial charge in [0.1, 0.15) is 0 Å². The van der Waals surface area contributed by atoms with Crippen LogP contribution in [0.3, 0.4) is 0 Å². The van der Waals surface area contributed by atoms with Gasteiger partial charge in [0.2, 0.25) is 0 Å². The molecular formula is C16H18AsClO2. The van der Waals surface area contributed by atoms with Gasteiger partial charge in [-0.15, -0.1) is 0 Å². The molecule has 0 aliphatic carbocycles. The van der Waals surface area contributed by atoms with Crippen molar-refractivity contribution in [2.24, 2.45) is 0 Å². The molecule has 0 aromatic heterocycles. The molecule has 0 saturated carbocycles. The number of rotatable bonds is 5. The van der Waals surface area contributed by atoms with Crippen LogP contribution >= 0.6 is 11.6 Å². The zero-order valence-corrected chi connectivity index (χ0v) is 14.7. The Morgan fingerprint density at radius 2 is 1.85 bits per heavy atom. The summed E-state index contributed by atoms with van der Waals surface area (Å²) in [4.78, 5) is 0. The first-order valence-electron chi connectivity index (χ1n) is 6.40. The van der Waals surface area contributed by atoms with Crippen LogP contribution in [0.5, 0.6) is 17.2 Å². The molecule has 1 atom stereocenters. The van der Waals surface area contributed by atoms with Gasteiger partial charge in [-0.25, -0.2) is 0 Å². The molecule has 0 saturated heterocycles. The Labute approximate surface area is 131 Å². The van der Waals surface area contributed by atoms with E-state index in [1.54, 1.807) is 7.11 Å². The van der Waals surface area contributed by atoms with Gasteiger partial charge in [-0.2, -0.15) is 0 Å². The Hall–Kier alpha value is -1.11. The van der Waals surface area contributed by atoms with Gasteiger partial charge in [-0.1, -0.05) is 0 Å². The van der Waals surface area contributed by atoms with Gasteiger partial charge in [0.05, 0.1) is 0 Å². The van der Waals surface area contributed by atoms with Crippen LogP contribution in [0.25, 0.3) is 0 Å². The van der Waals surface area contributed by atoms with Crippen molar-refractivity contribution in [3.05, 3.63) is 52.5 Å². The van der Waals surface area contributed by atoms with Crippen molar-refractivity contribution >= 4 is 27.4 Å². The number of ether oxygens (including phenoxy) is 2. The minimum atomic E-state index is 0.0373. The van der Waals surface area contributed by atoms with Crippen LogP contribution in [0.1, 0.15) is 11.1 Å². The molecule has 2 aromatic carbocycles. The molecule has 106 valence electrons. The van der Waals surface area contributed by atoms with E-state index in [-0.39, 0.29) is 15.8 Å². The van der Waals surface area contributed by atoms with E-state index < -0.39 is 0 Å². The predicted octanol–water partition coefficient (Wildman–Crippen LogP) is 4.43. The standard InChI is InChI=1S/C16H18AsClO2/c1-11-14(19-3)5-4-6-15(11)20-16-9-13(18)8-7-12(16)10-17-2/h4-9,17H,10H2,1-3H3. The van der Waals surface area contributed by atoms with Crippen molar-refractivity contribution in [2.45, 2.75) is 17.8 Å². The first-order valence-corrected chi connectivity index (χ1v) is 10.4. The summed E-state index contributed by atoms with van der Waals surface area (Å²) in [6.45, 7) is 1.99. The molecule has 0 radical (unpaired) electrons. The molecule has 2 nitrogen and oxygen atoms in total. The summed E-state index contributed by atoms with van der Waals surface area (Å²) >= 11 is 6.12. The van der Waals surface area contributed by atoms with Gasteiger partial charge in [0.25, 0.3) is 0 Å². The first kappa shape index (κ1) is 15.3. The molecule has 2 rings (SSSR count). The fraction of sp³-hybridized carbons (Fsp3) is 0.250. The molecule has 20 heavy (non-hydrogen) atoms. The molecule has 0 fully saturated rings. The Morgan fingerprint density at radius 1 is 1.10 bits per heavy atom. The molecule has 0 N–H and O–H groups in total. The van der Waals surface area contributed by atoms with Crippen LogP contribution in [0.15, 0.2) is 36.4 Å². The average molecular weight is 353 g/mol. The monoisotopic (exact) mass is 352 g/mol. The first-order chi connectivity index (χ1) is 9.65. The third kappa shape index (κ3) is 3.50. The third-order valence-electron chi connectivity index (χ3n) is 3.07. The second kappa shape index (κ2) is 7.06. The van der Waals surface area contributed by atoms with E-state index in [1.165, 1.54) is 5.56 Å². The summed E-state index contributed by atoms with van der Waals surface area (Å²) in [5.74, 6) is 2.48. The molecule has 1 unspecified atom stereocenters. The zero-order valence-electron chi connectivity index (χ0n) is 11.9. The van der Waals surface area contributed by atoms with Crippen molar-refractivity contribution in [1.29, 1.82) is 0 Å². The van der Waals surface area contributed by atoms with Crippen molar-refractivity contribution in [3.8, 4) is 17.2 Å². The van der Waals surface area contributed by atoms with Gasteiger partial charge >= 0.3 is 132 Å². The van der Waals surface area contributed by atoms with Crippen LogP contribution < -0.4 is 9.47 Å². The van der Waals surface area contributed by atoms with E-state index in [1.807, 2.05) is 37.3 Å². The second-order valence-corrected chi connectivity index (χ2v) is 7.13. The summed E-state index contributed by atoms with van der Waals surface area (Å²) in [5.41, 5.74) is 4.49. The topological polar surface area (TPSA) is 18.5 Å². The summed E-state index contributed by atoms with van der Waals surface area (Å²) in [6.07, 6.45) is 0. The molecule has 0 bridgehead atoms. The number of hydrogen-bond donors (Lipinski definition) is 0. The third-order valence-corrected chi connectivity index (χ3v) is 4.85. The van der Waals surface area contributed by atoms with E-state index in [0.29, 0.717) is 5.02 Å². The SMILES string of the molecule is COc1cccc(Oc2cc(Cl)ccc2C[AsH]C)c1C. The molecule has 2 aromatic rings. The molecule has 4 heteroatoms. The average Bonchev–Trinajstić information content (AvgIpc) is 2.44. The maximum absolute atomic E-state index is 6.09. The zero-order chi connectivity index (χ0) is 14.5. The van der Waals surface area contributed by atoms with Crippen molar-refractivity contribution in [3.63, 3.8) is 0 Å². The van der Waals surface area contributed by atoms with Gasteiger partial charge in [0, 0.05) is 0 Å². The summed E-state index contributed by atoms with van der Waals surface area (Å²) < 4.78 is 11.4. The van der Waals surface area contributed by atoms with E-state index in [9.17, 15) is 0 Å². The number of methoxy groups -OCH3 is 1. The van der Waals surface area contributed by atoms with Crippen LogP contribution in [0, 0.1) is 6.92 Å². The van der Waals surface area contributed by atoms with Gasteiger partial charge in [-0.05, 0) is 0 Å². The van der Waals surface area contributed by atoms with Crippen LogP contribution in [0.2, 0.25) is 10.7 Å². The predicted molar refractivity (Wildman–Crippen MR) is 86.0 cm³/mol. The molecular weight excluding hydrogens is 335 g/mol. The summed E-state index contributed by atoms with van der Waals surface area (Å²) in [5, 5.41) is 1.79. The van der Waals surface area contributed by atoms with Crippen molar-refractivity contribution in [2.75, 3.05) is 7.11 Å². The molecule has 0 amide bonds. The van der Waals surface area contributed by atoms with Crippen molar-refractivity contribution in [1.82, 2.24) is 0 Å². The van der Waals surface area contributed by atoms with Gasteiger partial charge in [-0.3, -0.25) is 0 Å². The van der Waals surface area contributed by atoms with E-state index in [2.05, 4.69) is 11.8 Å². The van der Waals surface area contributed by atoms with E-state index in [0.717, 1.165) is 28.0 Å². The van der Waals surface area contributed by atoms with E-state index >= 15 is 0 Å². The van der Waals surface area contributed by atoms with Crippen LogP contribution in [-0.2, 0) is 5.21 Å². The fourth-order valence-corrected chi connectivity index (χ4v) is 3.58. The Morgan fingerprint density at radius 3 is 2.55 bits per heavy atom. The summed E-state index contributed by atoms with van der Waals surface area (Å²) in [7, 11) is 1.67. The number of halogens is 1. The Bertz CT molecular complexity index is 599. The molecule has 0 heterocycles. The second-order valence-electron chi connectivity index (χ2n) is 4.47. The quantitative estimate of drug-likeness (QED) is 0.741. The number of hydrogen-bond acceptors (Lipinski definition) is 2. The molecule has 0 aliphatic rings. The summed E-state index contributed by atoms with van der Waals surface area (Å²) in [6, 6.07) is 11.7. The van der Waals surface area contributed by atoms with Crippen LogP contribution in [-0.4, -0.2) is 22.9 Å². The maximum atomic E-state index is 6.09. The normalized spacial score (nSPS) is 11.0. The Kier molecular flexibility index (Phi) is 5.39. The molecule has 0 aliphatic heterocycles. The van der Waals surface area contributed by atoms with Gasteiger partial charge in [0.15, 0.2) is 0 Å². The molecule has 0 spiro atoms. The van der Waals surface area contributed by atoms with Crippen LogP contribution in [0.4, 0.5) is 0 Å². The minimum absolute atomic E-state index is 0.0373. The van der Waals surface area contributed by atoms with E-state index in [4.69, 9.17) is 21.1 Å². The van der Waals surface area contributed by atoms with Crippen molar-refractivity contribution < 1.29 is 9.47 Å². The number of benzene rings is 2. The Balaban J connectivity index is 2.36.